The molecule has 0 aromatic carbocycles. The second kappa shape index (κ2) is 9.80. The second-order valence-electron chi connectivity index (χ2n) is 6.33. The molecule has 0 aromatic rings. The zero-order chi connectivity index (χ0) is 16.6. The molecule has 0 bridgehead atoms. The summed E-state index contributed by atoms with van der Waals surface area (Å²) in [5.74, 6) is -1.91. The average Bonchev–Trinajstić information content (AvgIpc) is 2.52. The van der Waals surface area contributed by atoms with Crippen molar-refractivity contribution in [3.63, 3.8) is 0 Å². The van der Waals surface area contributed by atoms with Crippen LogP contribution in [0.1, 0.15) is 64.7 Å². The van der Waals surface area contributed by atoms with E-state index >= 15 is 0 Å². The quantitative estimate of drug-likeness (QED) is 0.379. The van der Waals surface area contributed by atoms with E-state index in [4.69, 9.17) is 9.84 Å². The Hall–Kier alpha value is -0.240. The number of aliphatic hydroxyl groups excluding tert-OH is 4. The molecule has 6 heteroatoms. The maximum Gasteiger partial charge on any atom is 0.195 e. The summed E-state index contributed by atoms with van der Waals surface area (Å²) in [6.45, 7) is 1.66. The predicted molar refractivity (Wildman–Crippen MR) is 82.2 cm³/mol. The van der Waals surface area contributed by atoms with Crippen LogP contribution >= 0.6 is 0 Å². The lowest BCUT2D eigenvalue weighted by atomic mass is 9.89. The second-order valence-corrected chi connectivity index (χ2v) is 6.33. The molecule has 0 saturated carbocycles. The SMILES string of the molecule is CCCCCCCCCC[C@@]1(O)O[C@H](CO)[C@H](O)[C@H](O)[C@H]1O. The fraction of sp³-hybridized carbons (Fsp3) is 1.00. The van der Waals surface area contributed by atoms with Crippen molar-refractivity contribution >= 4 is 0 Å². The van der Waals surface area contributed by atoms with Gasteiger partial charge in [0.1, 0.15) is 24.4 Å². The van der Waals surface area contributed by atoms with Crippen molar-refractivity contribution in [3.05, 3.63) is 0 Å². The molecule has 1 aliphatic heterocycles. The number of rotatable bonds is 10. The summed E-state index contributed by atoms with van der Waals surface area (Å²) in [6.07, 6.45) is 3.33. The van der Waals surface area contributed by atoms with Crippen LogP contribution in [-0.2, 0) is 4.74 Å². The van der Waals surface area contributed by atoms with Gasteiger partial charge in [0.15, 0.2) is 5.79 Å². The molecule has 0 spiro atoms. The van der Waals surface area contributed by atoms with Gasteiger partial charge in [0, 0.05) is 6.42 Å². The Bertz CT molecular complexity index is 298. The van der Waals surface area contributed by atoms with Crippen molar-refractivity contribution in [1.82, 2.24) is 0 Å². The Kier molecular flexibility index (Phi) is 8.82. The molecule has 132 valence electrons. The van der Waals surface area contributed by atoms with Gasteiger partial charge >= 0.3 is 0 Å². The maximum absolute atomic E-state index is 10.3. The van der Waals surface area contributed by atoms with Crippen LogP contribution in [0.25, 0.3) is 0 Å². The van der Waals surface area contributed by atoms with Crippen molar-refractivity contribution in [2.75, 3.05) is 6.61 Å². The third kappa shape index (κ3) is 5.44. The van der Waals surface area contributed by atoms with Crippen molar-refractivity contribution < 1.29 is 30.3 Å². The standard InChI is InChI=1S/C16H32O6/c1-2-3-4-5-6-7-8-9-10-16(21)15(20)14(19)13(18)12(11-17)22-16/h12-15,17-21H,2-11H2,1H3/t12-,13+,14+,15-,16-/m1/s1. The molecular weight excluding hydrogens is 288 g/mol. The normalized spacial score (nSPS) is 35.7. The summed E-state index contributed by atoms with van der Waals surface area (Å²) in [4.78, 5) is 0. The lowest BCUT2D eigenvalue weighted by Crippen LogP contribution is -2.65. The Morgan fingerprint density at radius 1 is 0.864 bits per heavy atom. The molecule has 5 N–H and O–H groups in total. The molecule has 1 rings (SSSR count). The Morgan fingerprint density at radius 2 is 1.41 bits per heavy atom. The van der Waals surface area contributed by atoms with E-state index in [1.807, 2.05) is 0 Å². The summed E-state index contributed by atoms with van der Waals surface area (Å²) >= 11 is 0. The molecule has 5 atom stereocenters. The first-order valence-electron chi connectivity index (χ1n) is 8.51. The summed E-state index contributed by atoms with van der Waals surface area (Å²) in [7, 11) is 0. The van der Waals surface area contributed by atoms with Crippen molar-refractivity contribution in [1.29, 1.82) is 0 Å². The van der Waals surface area contributed by atoms with Crippen LogP contribution < -0.4 is 0 Å². The van der Waals surface area contributed by atoms with Crippen LogP contribution in [0.3, 0.4) is 0 Å². The molecule has 22 heavy (non-hydrogen) atoms. The minimum absolute atomic E-state index is 0.170. The Balaban J connectivity index is 2.30. The summed E-state index contributed by atoms with van der Waals surface area (Å²) in [6, 6.07) is 0. The zero-order valence-corrected chi connectivity index (χ0v) is 13.5. The van der Waals surface area contributed by atoms with Gasteiger partial charge in [-0.25, -0.2) is 0 Å². The summed E-state index contributed by atoms with van der Waals surface area (Å²) in [5.41, 5.74) is 0. The van der Waals surface area contributed by atoms with E-state index in [0.29, 0.717) is 6.42 Å². The molecule has 0 aliphatic carbocycles. The Labute approximate surface area is 132 Å². The highest BCUT2D eigenvalue weighted by molar-refractivity contribution is 4.95. The van der Waals surface area contributed by atoms with Gasteiger partial charge in [-0.1, -0.05) is 51.9 Å². The molecule has 0 amide bonds. The van der Waals surface area contributed by atoms with E-state index in [1.54, 1.807) is 0 Å². The van der Waals surface area contributed by atoms with Gasteiger partial charge in [0.2, 0.25) is 0 Å². The van der Waals surface area contributed by atoms with Crippen LogP contribution in [-0.4, -0.2) is 62.3 Å². The first-order valence-corrected chi connectivity index (χ1v) is 8.51. The van der Waals surface area contributed by atoms with Gasteiger partial charge < -0.3 is 30.3 Å². The van der Waals surface area contributed by atoms with Crippen molar-refractivity contribution in [2.45, 2.75) is 94.9 Å². The number of aliphatic hydroxyl groups is 5. The Morgan fingerprint density at radius 3 is 1.95 bits per heavy atom. The maximum atomic E-state index is 10.3. The molecule has 0 radical (unpaired) electrons. The number of unbranched alkanes of at least 4 members (excludes halogenated alkanes) is 7. The highest BCUT2D eigenvalue weighted by atomic mass is 16.7. The van der Waals surface area contributed by atoms with E-state index in [1.165, 1.54) is 25.7 Å². The van der Waals surface area contributed by atoms with Crippen LogP contribution in [0.15, 0.2) is 0 Å². The van der Waals surface area contributed by atoms with Crippen LogP contribution in [0.2, 0.25) is 0 Å². The van der Waals surface area contributed by atoms with Crippen LogP contribution in [0, 0.1) is 0 Å². The number of hydrogen-bond acceptors (Lipinski definition) is 6. The molecule has 1 fully saturated rings. The molecule has 6 nitrogen and oxygen atoms in total. The lowest BCUT2D eigenvalue weighted by Gasteiger charge is -2.45. The van der Waals surface area contributed by atoms with E-state index < -0.39 is 36.8 Å². The fourth-order valence-corrected chi connectivity index (χ4v) is 2.94. The first kappa shape index (κ1) is 19.8. The highest BCUT2D eigenvalue weighted by Crippen LogP contribution is 2.32. The first-order chi connectivity index (χ1) is 10.5. The largest absolute Gasteiger partial charge is 0.394 e. The minimum atomic E-state index is -1.91. The summed E-state index contributed by atoms with van der Waals surface area (Å²) < 4.78 is 5.22. The van der Waals surface area contributed by atoms with E-state index in [-0.39, 0.29) is 6.42 Å². The van der Waals surface area contributed by atoms with Gasteiger partial charge in [0.25, 0.3) is 0 Å². The fourth-order valence-electron chi connectivity index (χ4n) is 2.94. The number of ether oxygens (including phenoxy) is 1. The average molecular weight is 320 g/mol. The summed E-state index contributed by atoms with van der Waals surface area (Å²) in [5, 5.41) is 48.8. The van der Waals surface area contributed by atoms with Crippen LogP contribution in [0.4, 0.5) is 0 Å². The van der Waals surface area contributed by atoms with Gasteiger partial charge in [-0.2, -0.15) is 0 Å². The van der Waals surface area contributed by atoms with Gasteiger partial charge in [-0.05, 0) is 6.42 Å². The van der Waals surface area contributed by atoms with Gasteiger partial charge in [0.05, 0.1) is 6.61 Å². The predicted octanol–water partition coefficient (Wildman–Crippen LogP) is 0.680. The molecule has 1 aliphatic rings. The van der Waals surface area contributed by atoms with Crippen molar-refractivity contribution in [2.24, 2.45) is 0 Å². The highest BCUT2D eigenvalue weighted by Gasteiger charge is 2.51. The van der Waals surface area contributed by atoms with Crippen molar-refractivity contribution in [3.8, 4) is 0 Å². The smallest absolute Gasteiger partial charge is 0.195 e. The third-order valence-electron chi connectivity index (χ3n) is 4.44. The molecular formula is C16H32O6. The van der Waals surface area contributed by atoms with Crippen LogP contribution in [0.5, 0.6) is 0 Å². The zero-order valence-electron chi connectivity index (χ0n) is 13.5. The molecule has 1 heterocycles. The monoisotopic (exact) mass is 320 g/mol. The van der Waals surface area contributed by atoms with E-state index in [9.17, 15) is 20.4 Å². The topological polar surface area (TPSA) is 110 Å². The molecule has 0 aromatic heterocycles. The molecule has 0 unspecified atom stereocenters. The van der Waals surface area contributed by atoms with Gasteiger partial charge in [-0.3, -0.25) is 0 Å². The van der Waals surface area contributed by atoms with E-state index in [0.717, 1.165) is 19.3 Å². The number of hydrogen-bond donors (Lipinski definition) is 5. The third-order valence-corrected chi connectivity index (χ3v) is 4.44. The lowest BCUT2D eigenvalue weighted by molar-refractivity contribution is -0.351. The van der Waals surface area contributed by atoms with Gasteiger partial charge in [-0.15, -0.1) is 0 Å². The molecule has 1 saturated heterocycles. The van der Waals surface area contributed by atoms with E-state index in [2.05, 4.69) is 6.92 Å². The minimum Gasteiger partial charge on any atom is -0.394 e.